The van der Waals surface area contributed by atoms with E-state index in [-0.39, 0.29) is 24.5 Å². The maximum Gasteiger partial charge on any atom is 0.303 e. The van der Waals surface area contributed by atoms with Crippen LogP contribution in [0.2, 0.25) is 0 Å². The SMILES string of the molecule is CC(C)C(NC(=O)c1nccc2ccccc12)C(=O)N(CC(=O)NC(C=O)CCC(=O)O)c1ccccc1. The van der Waals surface area contributed by atoms with Gasteiger partial charge in [-0.05, 0) is 35.9 Å². The summed E-state index contributed by atoms with van der Waals surface area (Å²) in [7, 11) is 0. The third-order valence-corrected chi connectivity index (χ3v) is 5.92. The van der Waals surface area contributed by atoms with E-state index in [2.05, 4.69) is 15.6 Å². The van der Waals surface area contributed by atoms with Gasteiger partial charge >= 0.3 is 5.97 Å². The first-order valence-corrected chi connectivity index (χ1v) is 12.2. The van der Waals surface area contributed by atoms with Crippen molar-refractivity contribution >= 4 is 46.4 Å². The molecule has 0 fully saturated rings. The monoisotopic (exact) mass is 518 g/mol. The fourth-order valence-electron chi connectivity index (χ4n) is 3.95. The number of nitrogens with one attached hydrogen (secondary N) is 2. The highest BCUT2D eigenvalue weighted by atomic mass is 16.4. The second-order valence-electron chi connectivity index (χ2n) is 9.08. The summed E-state index contributed by atoms with van der Waals surface area (Å²) in [6.45, 7) is 3.11. The molecular weight excluding hydrogens is 488 g/mol. The zero-order valence-corrected chi connectivity index (χ0v) is 21.2. The number of aliphatic carboxylic acids is 1. The van der Waals surface area contributed by atoms with Gasteiger partial charge in [0, 0.05) is 23.7 Å². The molecule has 0 aliphatic heterocycles. The van der Waals surface area contributed by atoms with Crippen molar-refractivity contribution in [3.63, 3.8) is 0 Å². The molecule has 10 nitrogen and oxygen atoms in total. The number of aromatic nitrogens is 1. The predicted molar refractivity (Wildman–Crippen MR) is 141 cm³/mol. The van der Waals surface area contributed by atoms with E-state index in [1.54, 1.807) is 62.4 Å². The molecule has 3 aromatic rings. The Balaban J connectivity index is 1.84. The summed E-state index contributed by atoms with van der Waals surface area (Å²) in [5.74, 6) is -3.13. The number of carboxylic acid groups (broad SMARTS) is 1. The van der Waals surface area contributed by atoms with Crippen molar-refractivity contribution in [2.24, 2.45) is 5.92 Å². The van der Waals surface area contributed by atoms with E-state index in [1.165, 1.54) is 11.1 Å². The van der Waals surface area contributed by atoms with Gasteiger partial charge in [0.25, 0.3) is 5.91 Å². The minimum atomic E-state index is -1.09. The lowest BCUT2D eigenvalue weighted by atomic mass is 10.0. The molecule has 3 rings (SSSR count). The van der Waals surface area contributed by atoms with Crippen molar-refractivity contribution in [2.45, 2.75) is 38.8 Å². The van der Waals surface area contributed by atoms with Crippen LogP contribution in [0.5, 0.6) is 0 Å². The second-order valence-corrected chi connectivity index (χ2v) is 9.08. The molecule has 0 saturated carbocycles. The molecule has 1 aromatic heterocycles. The van der Waals surface area contributed by atoms with E-state index in [0.29, 0.717) is 17.4 Å². The highest BCUT2D eigenvalue weighted by Gasteiger charge is 2.32. The molecule has 38 heavy (non-hydrogen) atoms. The number of hydrogen-bond donors (Lipinski definition) is 3. The summed E-state index contributed by atoms with van der Waals surface area (Å²) < 4.78 is 0. The van der Waals surface area contributed by atoms with Gasteiger partial charge in [0.05, 0.1) is 6.04 Å². The van der Waals surface area contributed by atoms with Gasteiger partial charge in [-0.25, -0.2) is 0 Å². The molecule has 2 atom stereocenters. The average Bonchev–Trinajstić information content (AvgIpc) is 2.92. The number of aldehydes is 1. The zero-order valence-electron chi connectivity index (χ0n) is 21.2. The minimum Gasteiger partial charge on any atom is -0.481 e. The second kappa shape index (κ2) is 13.1. The number of fused-ring (bicyclic) bond motifs is 1. The van der Waals surface area contributed by atoms with Gasteiger partial charge in [-0.2, -0.15) is 0 Å². The summed E-state index contributed by atoms with van der Waals surface area (Å²) in [6, 6.07) is 15.5. The number of carbonyl (C=O) groups excluding carboxylic acids is 4. The molecule has 0 saturated heterocycles. The van der Waals surface area contributed by atoms with Crippen LogP contribution in [0.25, 0.3) is 10.8 Å². The quantitative estimate of drug-likeness (QED) is 0.312. The number of pyridine rings is 1. The number of nitrogens with zero attached hydrogens (tertiary/aromatic N) is 2. The van der Waals surface area contributed by atoms with E-state index < -0.39 is 42.3 Å². The number of carbonyl (C=O) groups is 5. The normalized spacial score (nSPS) is 12.4. The number of hydrogen-bond acceptors (Lipinski definition) is 6. The summed E-state index contributed by atoms with van der Waals surface area (Å²) in [6.07, 6.45) is 1.61. The summed E-state index contributed by atoms with van der Waals surface area (Å²) in [5.41, 5.74) is 0.599. The van der Waals surface area contributed by atoms with Gasteiger partial charge in [0.2, 0.25) is 11.8 Å². The summed E-state index contributed by atoms with van der Waals surface area (Å²) in [4.78, 5) is 67.5. The van der Waals surface area contributed by atoms with Crippen LogP contribution < -0.4 is 15.5 Å². The van der Waals surface area contributed by atoms with Crippen molar-refractivity contribution < 1.29 is 29.1 Å². The van der Waals surface area contributed by atoms with Gasteiger partial charge in [0.1, 0.15) is 24.6 Å². The molecule has 0 radical (unpaired) electrons. The van der Waals surface area contributed by atoms with E-state index >= 15 is 0 Å². The van der Waals surface area contributed by atoms with Crippen molar-refractivity contribution in [1.82, 2.24) is 15.6 Å². The van der Waals surface area contributed by atoms with Crippen molar-refractivity contribution in [3.8, 4) is 0 Å². The minimum absolute atomic E-state index is 0.0768. The molecule has 0 aliphatic carbocycles. The largest absolute Gasteiger partial charge is 0.481 e. The topological polar surface area (TPSA) is 146 Å². The number of carboxylic acids is 1. The van der Waals surface area contributed by atoms with E-state index in [1.807, 2.05) is 12.1 Å². The number of anilines is 1. The standard InChI is InChI=1S/C28H30N4O6/c1-18(2)25(31-27(37)26-22-11-7-6-8-19(22)14-15-29-26)28(38)32(21-9-4-3-5-10-21)16-23(34)30-20(17-33)12-13-24(35)36/h3-11,14-15,17-18,20,25H,12-13,16H2,1-2H3,(H,30,34)(H,31,37)(H,35,36). The van der Waals surface area contributed by atoms with Gasteiger partial charge in [-0.1, -0.05) is 56.3 Å². The Morgan fingerprint density at radius 3 is 2.32 bits per heavy atom. The molecule has 0 aliphatic rings. The third-order valence-electron chi connectivity index (χ3n) is 5.92. The van der Waals surface area contributed by atoms with E-state index in [0.717, 1.165) is 5.39 Å². The molecule has 198 valence electrons. The Morgan fingerprint density at radius 1 is 0.974 bits per heavy atom. The molecule has 10 heteroatoms. The molecule has 0 bridgehead atoms. The van der Waals surface area contributed by atoms with Crippen LogP contribution in [0, 0.1) is 5.92 Å². The summed E-state index contributed by atoms with van der Waals surface area (Å²) in [5, 5.41) is 15.6. The molecular formula is C28H30N4O6. The first-order chi connectivity index (χ1) is 18.2. The van der Waals surface area contributed by atoms with Gasteiger partial charge in [-0.3, -0.25) is 24.2 Å². The van der Waals surface area contributed by atoms with Crippen LogP contribution in [0.4, 0.5) is 5.69 Å². The van der Waals surface area contributed by atoms with Crippen LogP contribution in [-0.4, -0.2) is 58.7 Å². The molecule has 3 amide bonds. The maximum absolute atomic E-state index is 13.8. The zero-order chi connectivity index (χ0) is 27.7. The Hall–Kier alpha value is -4.60. The van der Waals surface area contributed by atoms with Crippen molar-refractivity contribution in [1.29, 1.82) is 0 Å². The lowest BCUT2D eigenvalue weighted by Crippen LogP contribution is -2.54. The van der Waals surface area contributed by atoms with E-state index in [4.69, 9.17) is 5.11 Å². The molecule has 2 aromatic carbocycles. The first-order valence-electron chi connectivity index (χ1n) is 12.2. The predicted octanol–water partition coefficient (Wildman–Crippen LogP) is 2.57. The first kappa shape index (κ1) is 28.0. The fourth-order valence-corrected chi connectivity index (χ4v) is 3.95. The third kappa shape index (κ3) is 7.22. The van der Waals surface area contributed by atoms with Crippen molar-refractivity contribution in [3.05, 3.63) is 72.6 Å². The lowest BCUT2D eigenvalue weighted by molar-refractivity contribution is -0.137. The molecule has 0 spiro atoms. The highest BCUT2D eigenvalue weighted by Crippen LogP contribution is 2.19. The average molecular weight is 519 g/mol. The van der Waals surface area contributed by atoms with Gasteiger partial charge in [0.15, 0.2) is 0 Å². The fraction of sp³-hybridized carbons (Fsp3) is 0.286. The lowest BCUT2D eigenvalue weighted by Gasteiger charge is -2.30. The van der Waals surface area contributed by atoms with Gasteiger partial charge in [-0.15, -0.1) is 0 Å². The van der Waals surface area contributed by atoms with Crippen LogP contribution in [0.3, 0.4) is 0 Å². The van der Waals surface area contributed by atoms with Gasteiger partial charge < -0.3 is 25.4 Å². The van der Waals surface area contributed by atoms with E-state index in [9.17, 15) is 24.0 Å². The van der Waals surface area contributed by atoms with Crippen LogP contribution >= 0.6 is 0 Å². The maximum atomic E-state index is 13.8. The molecule has 2 unspecified atom stereocenters. The Morgan fingerprint density at radius 2 is 1.66 bits per heavy atom. The highest BCUT2D eigenvalue weighted by molar-refractivity contribution is 6.08. The smallest absolute Gasteiger partial charge is 0.303 e. The van der Waals surface area contributed by atoms with Crippen LogP contribution in [0.15, 0.2) is 66.9 Å². The van der Waals surface area contributed by atoms with Crippen LogP contribution in [0.1, 0.15) is 37.2 Å². The Labute approximate surface area is 220 Å². The van der Waals surface area contributed by atoms with Crippen LogP contribution in [-0.2, 0) is 19.2 Å². The number of para-hydroxylation sites is 1. The summed E-state index contributed by atoms with van der Waals surface area (Å²) >= 11 is 0. The molecule has 3 N–H and O–H groups in total. The Bertz CT molecular complexity index is 1310. The Kier molecular flexibility index (Phi) is 9.64. The number of amides is 3. The van der Waals surface area contributed by atoms with Crippen molar-refractivity contribution in [2.75, 3.05) is 11.4 Å². The number of rotatable bonds is 12. The number of benzene rings is 2. The molecule has 1 heterocycles.